The molecule has 28 heavy (non-hydrogen) atoms. The van der Waals surface area contributed by atoms with Crippen LogP contribution in [0.1, 0.15) is 48.9 Å². The van der Waals surface area contributed by atoms with Gasteiger partial charge in [-0.05, 0) is 73.8 Å². The maximum atomic E-state index is 13.0. The van der Waals surface area contributed by atoms with Crippen molar-refractivity contribution < 1.29 is 13.2 Å². The fourth-order valence-corrected chi connectivity index (χ4v) is 6.83. The Labute approximate surface area is 163 Å². The van der Waals surface area contributed by atoms with Crippen LogP contribution in [0, 0.1) is 11.8 Å². The first-order valence-electron chi connectivity index (χ1n) is 9.63. The van der Waals surface area contributed by atoms with Gasteiger partial charge >= 0.3 is 0 Å². The number of sulfone groups is 1. The Morgan fingerprint density at radius 1 is 1.21 bits per heavy atom. The molecule has 6 rings (SSSR count). The number of nitrogens with one attached hydrogen (secondary N) is 1. The number of hydrogen-bond donors (Lipinski definition) is 1. The Hall–Kier alpha value is -2.29. The van der Waals surface area contributed by atoms with Crippen molar-refractivity contribution in [3.05, 3.63) is 36.2 Å². The van der Waals surface area contributed by atoms with E-state index in [-0.39, 0.29) is 21.9 Å². The van der Waals surface area contributed by atoms with Gasteiger partial charge < -0.3 is 5.32 Å². The second kappa shape index (κ2) is 5.85. The van der Waals surface area contributed by atoms with Crippen molar-refractivity contribution >= 4 is 15.7 Å². The molecule has 0 radical (unpaired) electrons. The van der Waals surface area contributed by atoms with Gasteiger partial charge in [0.25, 0.3) is 5.91 Å². The third kappa shape index (κ3) is 2.83. The van der Waals surface area contributed by atoms with Crippen molar-refractivity contribution in [1.82, 2.24) is 25.5 Å². The zero-order valence-corrected chi connectivity index (χ0v) is 16.5. The van der Waals surface area contributed by atoms with Crippen LogP contribution in [0.3, 0.4) is 0 Å². The highest BCUT2D eigenvalue weighted by Gasteiger charge is 2.60. The lowest BCUT2D eigenvalue weighted by Gasteiger charge is -2.61. The number of carbonyl (C=O) groups excluding carboxylic acids is 1. The number of rotatable bonds is 4. The third-order valence-corrected chi connectivity index (χ3v) is 7.82. The molecule has 2 atom stereocenters. The minimum Gasteiger partial charge on any atom is -0.346 e. The molecule has 1 aromatic carbocycles. The molecule has 4 aliphatic rings. The number of benzene rings is 1. The van der Waals surface area contributed by atoms with Crippen LogP contribution < -0.4 is 5.32 Å². The fraction of sp³-hybridized carbons (Fsp3) is 0.579. The predicted molar refractivity (Wildman–Crippen MR) is 100 cm³/mol. The molecular weight excluding hydrogens is 378 g/mol. The summed E-state index contributed by atoms with van der Waals surface area (Å²) in [5.41, 5.74) is -0.0927. The van der Waals surface area contributed by atoms with E-state index in [9.17, 15) is 13.2 Å². The van der Waals surface area contributed by atoms with Gasteiger partial charge in [0, 0.05) is 17.4 Å². The van der Waals surface area contributed by atoms with Gasteiger partial charge in [0.2, 0.25) is 0 Å². The van der Waals surface area contributed by atoms with Crippen LogP contribution in [-0.2, 0) is 15.4 Å². The molecule has 1 heterocycles. The summed E-state index contributed by atoms with van der Waals surface area (Å²) in [5, 5.41) is 15.7. The lowest BCUT2D eigenvalue weighted by Crippen LogP contribution is -2.66. The molecule has 1 aromatic heterocycles. The van der Waals surface area contributed by atoms with E-state index in [4.69, 9.17) is 0 Å². The zero-order chi connectivity index (χ0) is 19.6. The average molecular weight is 401 g/mol. The molecule has 0 saturated heterocycles. The first-order chi connectivity index (χ1) is 13.3. The fourth-order valence-electron chi connectivity index (χ4n) is 6.16. The molecule has 2 unspecified atom stereocenters. The van der Waals surface area contributed by atoms with Crippen LogP contribution in [-0.4, -0.2) is 46.3 Å². The van der Waals surface area contributed by atoms with Crippen molar-refractivity contribution in [2.45, 2.75) is 54.5 Å². The smallest absolute Gasteiger partial charge is 0.251 e. The molecule has 1 N–H and O–H groups in total. The number of carbonyl (C=O) groups is 1. The number of nitrogens with zero attached hydrogens (tertiary/aromatic N) is 4. The third-order valence-electron chi connectivity index (χ3n) is 6.71. The predicted octanol–water partition coefficient (Wildman–Crippen LogP) is 1.55. The van der Waals surface area contributed by atoms with E-state index < -0.39 is 9.84 Å². The molecule has 0 aliphatic heterocycles. The Kier molecular flexibility index (Phi) is 3.72. The molecule has 148 valence electrons. The van der Waals surface area contributed by atoms with Gasteiger partial charge in [0.1, 0.15) is 0 Å². The van der Waals surface area contributed by atoms with Gasteiger partial charge in [-0.25, -0.2) is 8.42 Å². The van der Waals surface area contributed by atoms with Crippen molar-refractivity contribution in [2.24, 2.45) is 11.8 Å². The average Bonchev–Trinajstić information content (AvgIpc) is 3.15. The van der Waals surface area contributed by atoms with Gasteiger partial charge in [-0.15, -0.1) is 10.2 Å². The Bertz CT molecular complexity index is 1020. The van der Waals surface area contributed by atoms with E-state index in [1.807, 2.05) is 0 Å². The minimum atomic E-state index is -3.36. The van der Waals surface area contributed by atoms with E-state index in [2.05, 4.69) is 20.7 Å². The summed E-state index contributed by atoms with van der Waals surface area (Å²) in [6.07, 6.45) is 8.58. The van der Waals surface area contributed by atoms with Gasteiger partial charge in [0.15, 0.2) is 16.2 Å². The van der Waals surface area contributed by atoms with Gasteiger partial charge in [-0.1, -0.05) is 6.07 Å². The summed E-state index contributed by atoms with van der Waals surface area (Å²) >= 11 is 0. The minimum absolute atomic E-state index is 0.161. The van der Waals surface area contributed by atoms with Crippen LogP contribution >= 0.6 is 0 Å². The second-order valence-corrected chi connectivity index (χ2v) is 11.0. The molecule has 9 heteroatoms. The maximum Gasteiger partial charge on any atom is 0.251 e. The van der Waals surface area contributed by atoms with E-state index in [0.29, 0.717) is 17.4 Å². The Morgan fingerprint density at radius 3 is 2.61 bits per heavy atom. The van der Waals surface area contributed by atoms with E-state index in [1.165, 1.54) is 24.9 Å². The van der Waals surface area contributed by atoms with E-state index in [0.717, 1.165) is 38.4 Å². The summed E-state index contributed by atoms with van der Waals surface area (Å²) in [6, 6.07) is 6.26. The van der Waals surface area contributed by atoms with Crippen LogP contribution in [0.15, 0.2) is 35.5 Å². The molecule has 4 saturated carbocycles. The second-order valence-electron chi connectivity index (χ2n) is 8.95. The number of tetrazole rings is 1. The largest absolute Gasteiger partial charge is 0.346 e. The normalized spacial score (nSPS) is 33.8. The molecular formula is C19H23N5O3S. The Morgan fingerprint density at radius 2 is 1.96 bits per heavy atom. The number of aromatic nitrogens is 4. The molecule has 1 amide bonds. The first-order valence-corrected chi connectivity index (χ1v) is 11.5. The first kappa shape index (κ1) is 17.8. The van der Waals surface area contributed by atoms with Gasteiger partial charge in [-0.2, -0.15) is 4.80 Å². The van der Waals surface area contributed by atoms with Gasteiger partial charge in [-0.3, -0.25) is 4.79 Å². The highest BCUT2D eigenvalue weighted by Crippen LogP contribution is 2.60. The molecule has 4 bridgehead atoms. The molecule has 2 aromatic rings. The summed E-state index contributed by atoms with van der Waals surface area (Å²) < 4.78 is 23.7. The molecule has 8 nitrogen and oxygen atoms in total. The van der Waals surface area contributed by atoms with Crippen LogP contribution in [0.25, 0.3) is 0 Å². The molecule has 4 fully saturated rings. The van der Waals surface area contributed by atoms with Crippen molar-refractivity contribution in [3.63, 3.8) is 0 Å². The lowest BCUT2D eigenvalue weighted by molar-refractivity contribution is -0.0810. The topological polar surface area (TPSA) is 107 Å². The summed E-state index contributed by atoms with van der Waals surface area (Å²) in [7, 11) is -3.36. The molecule has 0 spiro atoms. The maximum absolute atomic E-state index is 13.0. The van der Waals surface area contributed by atoms with Crippen molar-refractivity contribution in [2.75, 3.05) is 6.26 Å². The van der Waals surface area contributed by atoms with E-state index >= 15 is 0 Å². The summed E-state index contributed by atoms with van der Waals surface area (Å²) in [4.78, 5) is 15.0. The quantitative estimate of drug-likeness (QED) is 0.833. The number of amides is 1. The number of hydrogen-bond acceptors (Lipinski definition) is 6. The summed E-state index contributed by atoms with van der Waals surface area (Å²) in [5.74, 6) is 0.860. The molecule has 4 aliphatic carbocycles. The highest BCUT2D eigenvalue weighted by molar-refractivity contribution is 7.90. The van der Waals surface area contributed by atoms with Crippen LogP contribution in [0.2, 0.25) is 0 Å². The highest BCUT2D eigenvalue weighted by atomic mass is 32.2. The summed E-state index contributed by atoms with van der Waals surface area (Å²) in [6.45, 7) is 0. The van der Waals surface area contributed by atoms with Crippen molar-refractivity contribution in [1.29, 1.82) is 0 Å². The van der Waals surface area contributed by atoms with Gasteiger partial charge in [0.05, 0.1) is 10.4 Å². The monoisotopic (exact) mass is 401 g/mol. The van der Waals surface area contributed by atoms with Crippen molar-refractivity contribution in [3.8, 4) is 0 Å². The standard InChI is InChI=1S/C19H23N5O3S/c1-28(26,27)16-4-2-3-15(6-16)17(25)22-18-7-13-5-14(8-18)10-19(9-13,11-18)24-21-12-20-23-24/h2-4,6,12-14H,5,7-11H2,1H3,(H,22,25). The van der Waals surface area contributed by atoms with E-state index in [1.54, 1.807) is 16.9 Å². The zero-order valence-electron chi connectivity index (χ0n) is 15.7. The Balaban J connectivity index is 1.45. The lowest BCUT2D eigenvalue weighted by atomic mass is 9.50. The SMILES string of the molecule is CS(=O)(=O)c1cccc(C(=O)NC23CC4CC(C2)CC(n2ncnn2)(C4)C3)c1. The van der Waals surface area contributed by atoms with Crippen LogP contribution in [0.5, 0.6) is 0 Å². The van der Waals surface area contributed by atoms with Crippen LogP contribution in [0.4, 0.5) is 0 Å².